The van der Waals surface area contributed by atoms with E-state index in [1.54, 1.807) is 7.11 Å². The number of nitrogens with one attached hydrogen (secondary N) is 1. The van der Waals surface area contributed by atoms with E-state index in [0.717, 1.165) is 48.9 Å². The SMILES string of the molecule is COc1ccc(Cl)cc1NC1CCCOCC1. The standard InChI is InChI=1S/C13H18ClNO2/c1-16-13-5-4-10(14)9-12(13)15-11-3-2-7-17-8-6-11/h4-5,9,11,15H,2-3,6-8H2,1H3. The lowest BCUT2D eigenvalue weighted by Crippen LogP contribution is -2.19. The van der Waals surface area contributed by atoms with Crippen molar-refractivity contribution in [3.05, 3.63) is 23.2 Å². The molecule has 17 heavy (non-hydrogen) atoms. The van der Waals surface area contributed by atoms with E-state index >= 15 is 0 Å². The first-order chi connectivity index (χ1) is 8.29. The van der Waals surface area contributed by atoms with E-state index in [0.29, 0.717) is 6.04 Å². The van der Waals surface area contributed by atoms with Crippen molar-refractivity contribution >= 4 is 17.3 Å². The average molecular weight is 256 g/mol. The molecular weight excluding hydrogens is 238 g/mol. The molecule has 1 atom stereocenters. The Hall–Kier alpha value is -0.930. The van der Waals surface area contributed by atoms with Gasteiger partial charge in [0.05, 0.1) is 12.8 Å². The zero-order valence-corrected chi connectivity index (χ0v) is 10.8. The van der Waals surface area contributed by atoms with Gasteiger partial charge in [0.15, 0.2) is 0 Å². The van der Waals surface area contributed by atoms with Gasteiger partial charge in [0, 0.05) is 24.3 Å². The molecule has 1 aliphatic heterocycles. The van der Waals surface area contributed by atoms with Gasteiger partial charge in [0.2, 0.25) is 0 Å². The van der Waals surface area contributed by atoms with Gasteiger partial charge in [-0.25, -0.2) is 0 Å². The predicted molar refractivity (Wildman–Crippen MR) is 70.1 cm³/mol. The Balaban J connectivity index is 2.07. The first-order valence-corrected chi connectivity index (χ1v) is 6.35. The summed E-state index contributed by atoms with van der Waals surface area (Å²) in [5.74, 6) is 0.833. The fourth-order valence-corrected chi connectivity index (χ4v) is 2.23. The summed E-state index contributed by atoms with van der Waals surface area (Å²) in [6.45, 7) is 1.69. The smallest absolute Gasteiger partial charge is 0.142 e. The molecule has 1 N–H and O–H groups in total. The van der Waals surface area contributed by atoms with Gasteiger partial charge in [-0.2, -0.15) is 0 Å². The van der Waals surface area contributed by atoms with E-state index in [1.165, 1.54) is 0 Å². The van der Waals surface area contributed by atoms with Crippen LogP contribution in [-0.2, 0) is 4.74 Å². The highest BCUT2D eigenvalue weighted by Gasteiger charge is 2.14. The molecule has 0 spiro atoms. The summed E-state index contributed by atoms with van der Waals surface area (Å²) in [6.07, 6.45) is 3.24. The Bertz CT molecular complexity index is 362. The van der Waals surface area contributed by atoms with Crippen molar-refractivity contribution in [2.75, 3.05) is 25.6 Å². The van der Waals surface area contributed by atoms with Crippen LogP contribution < -0.4 is 10.1 Å². The van der Waals surface area contributed by atoms with Gasteiger partial charge in [0.25, 0.3) is 0 Å². The molecule has 1 aliphatic rings. The van der Waals surface area contributed by atoms with Crippen LogP contribution in [0.2, 0.25) is 5.02 Å². The summed E-state index contributed by atoms with van der Waals surface area (Å²) in [4.78, 5) is 0. The maximum Gasteiger partial charge on any atom is 0.142 e. The number of rotatable bonds is 3. The molecule has 4 heteroatoms. The Morgan fingerprint density at radius 2 is 2.24 bits per heavy atom. The van der Waals surface area contributed by atoms with Crippen LogP contribution in [0.3, 0.4) is 0 Å². The number of halogens is 1. The molecule has 1 heterocycles. The lowest BCUT2D eigenvalue weighted by atomic mass is 10.1. The summed E-state index contributed by atoms with van der Waals surface area (Å²) in [5.41, 5.74) is 0.965. The van der Waals surface area contributed by atoms with Crippen molar-refractivity contribution in [3.63, 3.8) is 0 Å². The molecule has 1 unspecified atom stereocenters. The summed E-state index contributed by atoms with van der Waals surface area (Å²) >= 11 is 6.00. The number of hydrogen-bond donors (Lipinski definition) is 1. The van der Waals surface area contributed by atoms with Crippen molar-refractivity contribution in [1.82, 2.24) is 0 Å². The van der Waals surface area contributed by atoms with Gasteiger partial charge < -0.3 is 14.8 Å². The van der Waals surface area contributed by atoms with Crippen molar-refractivity contribution in [2.24, 2.45) is 0 Å². The minimum absolute atomic E-state index is 0.435. The van der Waals surface area contributed by atoms with Crippen LogP contribution in [0.1, 0.15) is 19.3 Å². The molecule has 0 amide bonds. The topological polar surface area (TPSA) is 30.5 Å². The van der Waals surface area contributed by atoms with E-state index < -0.39 is 0 Å². The van der Waals surface area contributed by atoms with Gasteiger partial charge >= 0.3 is 0 Å². The van der Waals surface area contributed by atoms with Crippen LogP contribution in [0.25, 0.3) is 0 Å². The van der Waals surface area contributed by atoms with Crippen LogP contribution in [0.15, 0.2) is 18.2 Å². The van der Waals surface area contributed by atoms with E-state index in [1.807, 2.05) is 18.2 Å². The minimum atomic E-state index is 0.435. The third kappa shape index (κ3) is 3.51. The second-order valence-electron chi connectivity index (χ2n) is 4.23. The number of ether oxygens (including phenoxy) is 2. The molecule has 0 bridgehead atoms. The number of methoxy groups -OCH3 is 1. The monoisotopic (exact) mass is 255 g/mol. The van der Waals surface area contributed by atoms with E-state index in [9.17, 15) is 0 Å². The van der Waals surface area contributed by atoms with E-state index in [4.69, 9.17) is 21.1 Å². The van der Waals surface area contributed by atoms with Crippen LogP contribution in [0.5, 0.6) is 5.75 Å². The van der Waals surface area contributed by atoms with E-state index in [2.05, 4.69) is 5.32 Å². The maximum atomic E-state index is 6.00. The third-order valence-corrected chi connectivity index (χ3v) is 3.21. The predicted octanol–water partition coefficient (Wildman–Crippen LogP) is 3.33. The number of benzene rings is 1. The summed E-state index contributed by atoms with van der Waals surface area (Å²) in [7, 11) is 1.67. The van der Waals surface area contributed by atoms with Crippen LogP contribution in [0.4, 0.5) is 5.69 Å². The highest BCUT2D eigenvalue weighted by atomic mass is 35.5. The van der Waals surface area contributed by atoms with Crippen molar-refractivity contribution in [2.45, 2.75) is 25.3 Å². The van der Waals surface area contributed by atoms with E-state index in [-0.39, 0.29) is 0 Å². The molecule has 1 aromatic rings. The fraction of sp³-hybridized carbons (Fsp3) is 0.538. The summed E-state index contributed by atoms with van der Waals surface area (Å²) < 4.78 is 10.8. The molecule has 1 saturated heterocycles. The molecule has 2 rings (SSSR count). The van der Waals surface area contributed by atoms with Crippen LogP contribution in [-0.4, -0.2) is 26.4 Å². The highest BCUT2D eigenvalue weighted by molar-refractivity contribution is 6.30. The van der Waals surface area contributed by atoms with Crippen molar-refractivity contribution < 1.29 is 9.47 Å². The minimum Gasteiger partial charge on any atom is -0.495 e. The Morgan fingerprint density at radius 3 is 3.06 bits per heavy atom. The summed E-state index contributed by atoms with van der Waals surface area (Å²) in [6, 6.07) is 6.07. The van der Waals surface area contributed by atoms with Gasteiger partial charge in [-0.15, -0.1) is 0 Å². The lowest BCUT2D eigenvalue weighted by molar-refractivity contribution is 0.144. The molecule has 0 radical (unpaired) electrons. The summed E-state index contributed by atoms with van der Waals surface area (Å²) in [5, 5.41) is 4.21. The largest absolute Gasteiger partial charge is 0.495 e. The van der Waals surface area contributed by atoms with Gasteiger partial charge in [-0.1, -0.05) is 11.6 Å². The molecule has 0 aliphatic carbocycles. The maximum absolute atomic E-state index is 6.00. The van der Waals surface area contributed by atoms with Gasteiger partial charge in [0.1, 0.15) is 5.75 Å². The van der Waals surface area contributed by atoms with Crippen molar-refractivity contribution in [3.8, 4) is 5.75 Å². The van der Waals surface area contributed by atoms with Crippen molar-refractivity contribution in [1.29, 1.82) is 0 Å². The van der Waals surface area contributed by atoms with Gasteiger partial charge in [-0.05, 0) is 37.5 Å². The lowest BCUT2D eigenvalue weighted by Gasteiger charge is -2.19. The Morgan fingerprint density at radius 1 is 1.35 bits per heavy atom. The van der Waals surface area contributed by atoms with Crippen LogP contribution >= 0.6 is 11.6 Å². The first kappa shape index (κ1) is 12.5. The molecule has 0 aromatic heterocycles. The fourth-order valence-electron chi connectivity index (χ4n) is 2.06. The Kier molecular flexibility index (Phi) is 4.51. The second-order valence-corrected chi connectivity index (χ2v) is 4.67. The number of hydrogen-bond acceptors (Lipinski definition) is 3. The third-order valence-electron chi connectivity index (χ3n) is 2.97. The Labute approximate surface area is 107 Å². The zero-order valence-electron chi connectivity index (χ0n) is 10.0. The average Bonchev–Trinajstić information content (AvgIpc) is 2.58. The normalized spacial score (nSPS) is 20.7. The molecule has 3 nitrogen and oxygen atoms in total. The molecule has 1 fully saturated rings. The molecule has 1 aromatic carbocycles. The highest BCUT2D eigenvalue weighted by Crippen LogP contribution is 2.29. The second kappa shape index (κ2) is 6.12. The number of anilines is 1. The molecular formula is C13H18ClNO2. The molecule has 0 saturated carbocycles. The van der Waals surface area contributed by atoms with Crippen LogP contribution in [0, 0.1) is 0 Å². The first-order valence-electron chi connectivity index (χ1n) is 5.97. The quantitative estimate of drug-likeness (QED) is 0.899. The van der Waals surface area contributed by atoms with Gasteiger partial charge in [-0.3, -0.25) is 0 Å². The molecule has 94 valence electrons. The zero-order chi connectivity index (χ0) is 12.1.